The highest BCUT2D eigenvalue weighted by atomic mass is 35.5. The van der Waals surface area contributed by atoms with Crippen molar-refractivity contribution in [2.45, 2.75) is 6.92 Å². The van der Waals surface area contributed by atoms with E-state index in [2.05, 4.69) is 4.98 Å². The average Bonchev–Trinajstić information content (AvgIpc) is 2.44. The van der Waals surface area contributed by atoms with Crippen LogP contribution in [0.15, 0.2) is 18.3 Å². The van der Waals surface area contributed by atoms with Crippen LogP contribution in [-0.2, 0) is 0 Å². The lowest BCUT2D eigenvalue weighted by molar-refractivity contribution is 0.100. The Bertz CT molecular complexity index is 519. The topological polar surface area (TPSA) is 34.4 Å². The second kappa shape index (κ2) is 3.26. The lowest BCUT2D eigenvalue weighted by Crippen LogP contribution is -1.99. The van der Waals surface area contributed by atoms with Crippen LogP contribution in [0.2, 0.25) is 10.2 Å². The first kappa shape index (κ1) is 9.49. The number of rotatable bonds is 1. The van der Waals surface area contributed by atoms with Gasteiger partial charge in [0.1, 0.15) is 0 Å². The minimum absolute atomic E-state index is 0.130. The molecule has 0 aromatic carbocycles. The summed E-state index contributed by atoms with van der Waals surface area (Å²) in [6.45, 7) is 1.44. The van der Waals surface area contributed by atoms with Crippen LogP contribution in [0.1, 0.15) is 17.5 Å². The van der Waals surface area contributed by atoms with Gasteiger partial charge >= 0.3 is 0 Å². The van der Waals surface area contributed by atoms with Gasteiger partial charge in [-0.25, -0.2) is 4.98 Å². The van der Waals surface area contributed by atoms with Crippen LogP contribution in [0.3, 0.4) is 0 Å². The van der Waals surface area contributed by atoms with E-state index in [4.69, 9.17) is 23.2 Å². The zero-order chi connectivity index (χ0) is 10.3. The van der Waals surface area contributed by atoms with Crippen molar-refractivity contribution in [3.05, 3.63) is 34.3 Å². The lowest BCUT2D eigenvalue weighted by Gasteiger charge is -1.96. The molecule has 14 heavy (non-hydrogen) atoms. The third-order valence-electron chi connectivity index (χ3n) is 1.88. The molecule has 0 N–H and O–H groups in total. The highest BCUT2D eigenvalue weighted by Gasteiger charge is 2.12. The van der Waals surface area contributed by atoms with Gasteiger partial charge in [-0.15, -0.1) is 0 Å². The zero-order valence-corrected chi connectivity index (χ0v) is 8.80. The molecule has 0 aliphatic rings. The summed E-state index contributed by atoms with van der Waals surface area (Å²) in [7, 11) is 0. The van der Waals surface area contributed by atoms with E-state index in [0.717, 1.165) is 0 Å². The number of hydrogen-bond acceptors (Lipinski definition) is 2. The minimum Gasteiger partial charge on any atom is -0.296 e. The summed E-state index contributed by atoms with van der Waals surface area (Å²) < 4.78 is 1.62. The van der Waals surface area contributed by atoms with Crippen molar-refractivity contribution in [2.24, 2.45) is 0 Å². The van der Waals surface area contributed by atoms with Crippen LogP contribution >= 0.6 is 23.2 Å². The fraction of sp³-hybridized carbons (Fsp3) is 0.111. The number of fused-ring (bicyclic) bond motifs is 1. The molecule has 0 unspecified atom stereocenters. The van der Waals surface area contributed by atoms with Gasteiger partial charge in [-0.05, 0) is 12.1 Å². The second-order valence-electron chi connectivity index (χ2n) is 2.88. The molecule has 0 aliphatic carbocycles. The molecule has 2 heterocycles. The van der Waals surface area contributed by atoms with Gasteiger partial charge < -0.3 is 0 Å². The quantitative estimate of drug-likeness (QED) is 0.704. The molecule has 0 saturated heterocycles. The number of pyridine rings is 1. The van der Waals surface area contributed by atoms with Crippen molar-refractivity contribution in [3.8, 4) is 0 Å². The average molecular weight is 229 g/mol. The number of aromatic nitrogens is 2. The molecule has 0 fully saturated rings. The van der Waals surface area contributed by atoms with Crippen molar-refractivity contribution in [1.29, 1.82) is 0 Å². The summed E-state index contributed by atoms with van der Waals surface area (Å²) in [5.41, 5.74) is 0.643. The number of carbonyl (C=O) groups is 1. The van der Waals surface area contributed by atoms with E-state index in [-0.39, 0.29) is 10.9 Å². The van der Waals surface area contributed by atoms with Crippen molar-refractivity contribution < 1.29 is 4.79 Å². The van der Waals surface area contributed by atoms with Crippen LogP contribution in [-0.4, -0.2) is 15.2 Å². The van der Waals surface area contributed by atoms with Crippen LogP contribution in [0.25, 0.3) is 5.52 Å². The van der Waals surface area contributed by atoms with Crippen molar-refractivity contribution in [2.75, 3.05) is 0 Å². The maximum Gasteiger partial charge on any atom is 0.195 e. The Labute approximate surface area is 90.3 Å². The van der Waals surface area contributed by atoms with Gasteiger partial charge in [0.25, 0.3) is 0 Å². The number of carbonyl (C=O) groups excluding carboxylic acids is 1. The van der Waals surface area contributed by atoms with Crippen molar-refractivity contribution in [1.82, 2.24) is 9.38 Å². The highest BCUT2D eigenvalue weighted by molar-refractivity contribution is 6.34. The molecule has 72 valence electrons. The SMILES string of the molecule is CC(=O)c1nc(Cl)c2cc(Cl)ccn12. The Morgan fingerprint density at radius 2 is 2.21 bits per heavy atom. The first-order valence-corrected chi connectivity index (χ1v) is 4.69. The van der Waals surface area contributed by atoms with Gasteiger partial charge in [0.05, 0.1) is 5.52 Å². The van der Waals surface area contributed by atoms with E-state index in [1.54, 1.807) is 22.7 Å². The fourth-order valence-electron chi connectivity index (χ4n) is 1.27. The molecule has 3 nitrogen and oxygen atoms in total. The zero-order valence-electron chi connectivity index (χ0n) is 7.29. The number of nitrogens with zero attached hydrogens (tertiary/aromatic N) is 2. The Morgan fingerprint density at radius 3 is 2.86 bits per heavy atom. The molecule has 0 aliphatic heterocycles. The van der Waals surface area contributed by atoms with E-state index in [0.29, 0.717) is 16.4 Å². The van der Waals surface area contributed by atoms with E-state index in [9.17, 15) is 4.79 Å². The lowest BCUT2D eigenvalue weighted by atomic mass is 10.4. The monoisotopic (exact) mass is 228 g/mol. The van der Waals surface area contributed by atoms with Crippen LogP contribution in [0.4, 0.5) is 0 Å². The molecule has 2 aromatic heterocycles. The van der Waals surface area contributed by atoms with Crippen LogP contribution in [0.5, 0.6) is 0 Å². The summed E-state index contributed by atoms with van der Waals surface area (Å²) in [6.07, 6.45) is 1.67. The third-order valence-corrected chi connectivity index (χ3v) is 2.39. The molecule has 0 spiro atoms. The third kappa shape index (κ3) is 1.38. The summed E-state index contributed by atoms with van der Waals surface area (Å²) in [5.74, 6) is 0.191. The van der Waals surface area contributed by atoms with E-state index >= 15 is 0 Å². The van der Waals surface area contributed by atoms with Crippen LogP contribution < -0.4 is 0 Å². The van der Waals surface area contributed by atoms with Gasteiger partial charge in [-0.3, -0.25) is 9.20 Å². The molecular weight excluding hydrogens is 223 g/mol. The van der Waals surface area contributed by atoms with E-state index < -0.39 is 0 Å². The van der Waals surface area contributed by atoms with E-state index in [1.165, 1.54) is 6.92 Å². The molecule has 2 aromatic rings. The normalized spacial score (nSPS) is 10.8. The maximum atomic E-state index is 11.2. The van der Waals surface area contributed by atoms with Gasteiger partial charge in [-0.1, -0.05) is 23.2 Å². The van der Waals surface area contributed by atoms with E-state index in [1.807, 2.05) is 0 Å². The van der Waals surface area contributed by atoms with Gasteiger partial charge in [0, 0.05) is 18.1 Å². The number of imidazole rings is 1. The summed E-state index contributed by atoms with van der Waals surface area (Å²) >= 11 is 11.6. The summed E-state index contributed by atoms with van der Waals surface area (Å²) in [4.78, 5) is 15.1. The first-order valence-electron chi connectivity index (χ1n) is 3.93. The second-order valence-corrected chi connectivity index (χ2v) is 3.68. The largest absolute Gasteiger partial charge is 0.296 e. The first-order chi connectivity index (χ1) is 6.59. The van der Waals surface area contributed by atoms with Gasteiger partial charge in [-0.2, -0.15) is 0 Å². The highest BCUT2D eigenvalue weighted by Crippen LogP contribution is 2.21. The standard InChI is InChI=1S/C9H6Cl2N2O/c1-5(14)9-12-8(11)7-4-6(10)2-3-13(7)9/h2-4H,1H3. The number of hydrogen-bond donors (Lipinski definition) is 0. The predicted octanol–water partition coefficient (Wildman–Crippen LogP) is 2.84. The Balaban J connectivity index is 2.84. The Hall–Kier alpha value is -1.06. The van der Waals surface area contributed by atoms with Crippen molar-refractivity contribution in [3.63, 3.8) is 0 Å². The number of ketones is 1. The van der Waals surface area contributed by atoms with Crippen LogP contribution in [0, 0.1) is 0 Å². The molecule has 0 bridgehead atoms. The number of Topliss-reactive ketones (excluding diaryl/α,β-unsaturated/α-hetero) is 1. The van der Waals surface area contributed by atoms with Crippen molar-refractivity contribution >= 4 is 34.5 Å². The number of halogens is 2. The summed E-state index contributed by atoms with van der Waals surface area (Å²) in [5, 5.41) is 0.854. The molecule has 0 saturated carbocycles. The molecule has 2 rings (SSSR count). The fourth-order valence-corrected chi connectivity index (χ4v) is 1.66. The summed E-state index contributed by atoms with van der Waals surface area (Å²) in [6, 6.07) is 3.35. The van der Waals surface area contributed by atoms with Gasteiger partial charge in [0.2, 0.25) is 0 Å². The minimum atomic E-state index is -0.130. The van der Waals surface area contributed by atoms with Gasteiger partial charge in [0.15, 0.2) is 16.8 Å². The molecule has 0 atom stereocenters. The molecular formula is C9H6Cl2N2O. The maximum absolute atomic E-state index is 11.2. The Morgan fingerprint density at radius 1 is 1.50 bits per heavy atom. The predicted molar refractivity (Wildman–Crippen MR) is 55.2 cm³/mol. The molecule has 5 heteroatoms. The smallest absolute Gasteiger partial charge is 0.195 e. The molecule has 0 amide bonds. The Kier molecular flexibility index (Phi) is 2.21. The molecule has 0 radical (unpaired) electrons.